The fourth-order valence-corrected chi connectivity index (χ4v) is 3.24. The zero-order valence-corrected chi connectivity index (χ0v) is 16.8. The first-order valence-corrected chi connectivity index (χ1v) is 9.35. The molecular weight excluding hydrogens is 385 g/mol. The number of fused-ring (bicyclic) bond motifs is 1. The van der Waals surface area contributed by atoms with Crippen LogP contribution in [0, 0.1) is 6.92 Å². The molecule has 1 aromatic heterocycles. The molecule has 0 N–H and O–H groups in total. The van der Waals surface area contributed by atoms with E-state index in [2.05, 4.69) is 4.98 Å². The molecule has 0 fully saturated rings. The number of amides is 1. The smallest absolute Gasteiger partial charge is 0.266 e. The molecule has 1 amide bonds. The van der Waals surface area contributed by atoms with Crippen LogP contribution in [0.25, 0.3) is 16.6 Å². The van der Waals surface area contributed by atoms with Crippen LogP contribution in [0.4, 0.5) is 0 Å². The molecule has 1 unspecified atom stereocenters. The van der Waals surface area contributed by atoms with E-state index < -0.39 is 6.04 Å². The minimum atomic E-state index is -0.464. The highest BCUT2D eigenvalue weighted by Crippen LogP contribution is 2.23. The van der Waals surface area contributed by atoms with Crippen molar-refractivity contribution in [2.24, 2.45) is 0 Å². The predicted octanol–water partition coefficient (Wildman–Crippen LogP) is 4.11. The van der Waals surface area contributed by atoms with Gasteiger partial charge in [0.25, 0.3) is 5.56 Å². The number of hydrogen-bond acceptors (Lipinski definition) is 3. The molecule has 0 radical (unpaired) electrons. The molecule has 2 aromatic carbocycles. The third kappa shape index (κ3) is 3.70. The molecule has 140 valence electrons. The molecular formula is C20H19Cl2N3O2. The highest BCUT2D eigenvalue weighted by atomic mass is 35.5. The Bertz CT molecular complexity index is 1060. The molecule has 0 saturated heterocycles. The lowest BCUT2D eigenvalue weighted by molar-refractivity contribution is -0.129. The second-order valence-corrected chi connectivity index (χ2v) is 7.13. The topological polar surface area (TPSA) is 55.2 Å². The van der Waals surface area contributed by atoms with E-state index in [9.17, 15) is 9.59 Å². The number of carbonyl (C=O) groups is 1. The van der Waals surface area contributed by atoms with Crippen LogP contribution in [0.3, 0.4) is 0 Å². The number of rotatable bonds is 4. The van der Waals surface area contributed by atoms with Gasteiger partial charge in [0.15, 0.2) is 0 Å². The second kappa shape index (κ2) is 7.71. The van der Waals surface area contributed by atoms with Crippen molar-refractivity contribution in [3.8, 4) is 5.69 Å². The minimum absolute atomic E-state index is 0.144. The van der Waals surface area contributed by atoms with Gasteiger partial charge in [0, 0.05) is 12.1 Å². The average Bonchev–Trinajstić information content (AvgIpc) is 2.66. The van der Waals surface area contributed by atoms with Crippen LogP contribution in [-0.4, -0.2) is 33.3 Å². The maximum absolute atomic E-state index is 13.3. The van der Waals surface area contributed by atoms with Crippen LogP contribution < -0.4 is 5.56 Å². The fraction of sp³-hybridized carbons (Fsp3) is 0.250. The van der Waals surface area contributed by atoms with Gasteiger partial charge in [-0.3, -0.25) is 14.2 Å². The van der Waals surface area contributed by atoms with Crippen molar-refractivity contribution in [2.45, 2.75) is 19.9 Å². The number of alkyl halides is 1. The van der Waals surface area contributed by atoms with Gasteiger partial charge in [-0.05, 0) is 44.2 Å². The Morgan fingerprint density at radius 2 is 1.89 bits per heavy atom. The highest BCUT2D eigenvalue weighted by Gasteiger charge is 2.23. The van der Waals surface area contributed by atoms with Gasteiger partial charge in [0.05, 0.1) is 22.6 Å². The lowest BCUT2D eigenvalue weighted by Crippen LogP contribution is -2.35. The normalized spacial score (nSPS) is 12.2. The van der Waals surface area contributed by atoms with Gasteiger partial charge >= 0.3 is 0 Å². The Morgan fingerprint density at radius 3 is 2.52 bits per heavy atom. The Balaban J connectivity index is 2.31. The van der Waals surface area contributed by atoms with E-state index in [1.807, 2.05) is 38.1 Å². The number of halogens is 2. The van der Waals surface area contributed by atoms with Crippen molar-refractivity contribution in [2.75, 3.05) is 12.9 Å². The molecule has 0 aliphatic rings. The molecule has 1 heterocycles. The molecule has 0 aliphatic heterocycles. The Morgan fingerprint density at radius 1 is 1.22 bits per heavy atom. The lowest BCUT2D eigenvalue weighted by Gasteiger charge is -2.26. The van der Waals surface area contributed by atoms with E-state index in [1.54, 1.807) is 29.8 Å². The first-order valence-electron chi connectivity index (χ1n) is 8.44. The van der Waals surface area contributed by atoms with Gasteiger partial charge in [-0.2, -0.15) is 0 Å². The summed E-state index contributed by atoms with van der Waals surface area (Å²) in [6.07, 6.45) is 0. The number of benzene rings is 2. The third-order valence-corrected chi connectivity index (χ3v) is 5.08. The van der Waals surface area contributed by atoms with Crippen LogP contribution in [0.2, 0.25) is 5.02 Å². The van der Waals surface area contributed by atoms with E-state index in [0.29, 0.717) is 27.4 Å². The molecule has 27 heavy (non-hydrogen) atoms. The summed E-state index contributed by atoms with van der Waals surface area (Å²) in [5.41, 5.74) is 2.04. The van der Waals surface area contributed by atoms with Crippen LogP contribution in [0.15, 0.2) is 47.3 Å². The summed E-state index contributed by atoms with van der Waals surface area (Å²) in [5.74, 6) is 0.0503. The number of nitrogens with zero attached hydrogens (tertiary/aromatic N) is 3. The maximum Gasteiger partial charge on any atom is 0.266 e. The Labute approximate surface area is 167 Å². The molecule has 1 atom stereocenters. The number of aromatic nitrogens is 2. The van der Waals surface area contributed by atoms with Gasteiger partial charge in [-0.15, -0.1) is 11.6 Å². The maximum atomic E-state index is 13.3. The van der Waals surface area contributed by atoms with Gasteiger partial charge in [-0.1, -0.05) is 29.3 Å². The molecule has 0 bridgehead atoms. The van der Waals surface area contributed by atoms with Gasteiger partial charge in [0.2, 0.25) is 5.91 Å². The first kappa shape index (κ1) is 19.4. The minimum Gasteiger partial charge on any atom is -0.335 e. The third-order valence-electron chi connectivity index (χ3n) is 4.61. The van der Waals surface area contributed by atoms with Crippen molar-refractivity contribution in [1.82, 2.24) is 14.5 Å². The van der Waals surface area contributed by atoms with Gasteiger partial charge in [-0.25, -0.2) is 4.98 Å². The Hall–Kier alpha value is -2.37. The van der Waals surface area contributed by atoms with Crippen molar-refractivity contribution in [3.05, 3.63) is 69.2 Å². The SMILES string of the molecule is Cc1ccc(-n2c(C(C)N(C)C(=O)CCl)nc3cc(Cl)ccc3c2=O)cc1. The summed E-state index contributed by atoms with van der Waals surface area (Å²) in [4.78, 5) is 31.5. The molecule has 5 nitrogen and oxygen atoms in total. The second-order valence-electron chi connectivity index (χ2n) is 6.42. The largest absolute Gasteiger partial charge is 0.335 e. The van der Waals surface area contributed by atoms with Crippen LogP contribution in [0.5, 0.6) is 0 Å². The van der Waals surface area contributed by atoms with E-state index in [0.717, 1.165) is 5.56 Å². The van der Waals surface area contributed by atoms with Crippen LogP contribution in [0.1, 0.15) is 24.4 Å². The quantitative estimate of drug-likeness (QED) is 0.615. The number of hydrogen-bond donors (Lipinski definition) is 0. The molecule has 0 saturated carbocycles. The standard InChI is InChI=1S/C20H19Cl2N3O2/c1-12-4-7-15(8-5-12)25-19(13(2)24(3)18(26)11-21)23-17-10-14(22)6-9-16(17)20(25)27/h4-10,13H,11H2,1-3H3. The zero-order valence-electron chi connectivity index (χ0n) is 15.2. The van der Waals surface area contributed by atoms with E-state index >= 15 is 0 Å². The van der Waals surface area contributed by atoms with Crippen LogP contribution >= 0.6 is 23.2 Å². The summed E-state index contributed by atoms with van der Waals surface area (Å²) in [7, 11) is 1.64. The van der Waals surface area contributed by atoms with Crippen molar-refractivity contribution in [1.29, 1.82) is 0 Å². The molecule has 0 aliphatic carbocycles. The van der Waals surface area contributed by atoms with Crippen molar-refractivity contribution < 1.29 is 4.79 Å². The first-order chi connectivity index (χ1) is 12.8. The summed E-state index contributed by atoms with van der Waals surface area (Å²) >= 11 is 11.8. The lowest BCUT2D eigenvalue weighted by atomic mass is 10.1. The fourth-order valence-electron chi connectivity index (χ4n) is 2.88. The summed E-state index contributed by atoms with van der Waals surface area (Å²) < 4.78 is 1.54. The molecule has 3 rings (SSSR count). The van der Waals surface area contributed by atoms with Crippen LogP contribution in [-0.2, 0) is 4.79 Å². The van der Waals surface area contributed by atoms with Gasteiger partial charge in [0.1, 0.15) is 11.7 Å². The number of carbonyl (C=O) groups excluding carboxylic acids is 1. The van der Waals surface area contributed by atoms with Crippen molar-refractivity contribution in [3.63, 3.8) is 0 Å². The van der Waals surface area contributed by atoms with E-state index in [-0.39, 0.29) is 17.3 Å². The van der Waals surface area contributed by atoms with Gasteiger partial charge < -0.3 is 4.90 Å². The number of aryl methyl sites for hydroxylation is 1. The monoisotopic (exact) mass is 403 g/mol. The molecule has 3 aromatic rings. The highest BCUT2D eigenvalue weighted by molar-refractivity contribution is 6.31. The average molecular weight is 404 g/mol. The van der Waals surface area contributed by atoms with Crippen molar-refractivity contribution >= 4 is 40.0 Å². The molecule has 7 heteroatoms. The predicted molar refractivity (Wildman–Crippen MR) is 109 cm³/mol. The molecule has 0 spiro atoms. The summed E-state index contributed by atoms with van der Waals surface area (Å²) in [6, 6.07) is 12.1. The van der Waals surface area contributed by atoms with E-state index in [1.165, 1.54) is 4.90 Å². The summed E-state index contributed by atoms with van der Waals surface area (Å²) in [5, 5.41) is 0.952. The van der Waals surface area contributed by atoms with E-state index in [4.69, 9.17) is 23.2 Å². The summed E-state index contributed by atoms with van der Waals surface area (Å²) in [6.45, 7) is 3.79. The zero-order chi connectivity index (χ0) is 19.7. The Kier molecular flexibility index (Phi) is 5.53.